The monoisotopic (exact) mass is 354 g/mol. The van der Waals surface area contributed by atoms with Crippen LogP contribution < -0.4 is 0 Å². The molecule has 4 heteroatoms. The third-order valence-corrected chi connectivity index (χ3v) is 5.39. The summed E-state index contributed by atoms with van der Waals surface area (Å²) in [6, 6.07) is 0. The maximum atomic E-state index is 12.2. The maximum absolute atomic E-state index is 12.2. The highest BCUT2D eigenvalue weighted by molar-refractivity contribution is 5.84. The number of hydrogen-bond acceptors (Lipinski definition) is 4. The summed E-state index contributed by atoms with van der Waals surface area (Å²) in [4.78, 5) is 12.2. The number of unbranched alkanes of at least 4 members (excludes halogenated alkanes) is 5. The Labute approximate surface area is 153 Å². The van der Waals surface area contributed by atoms with Crippen LogP contribution in [0, 0.1) is 11.8 Å². The van der Waals surface area contributed by atoms with Gasteiger partial charge in [0.05, 0.1) is 11.7 Å². The van der Waals surface area contributed by atoms with Crippen LogP contribution in [-0.2, 0) is 4.79 Å². The molecule has 0 aliphatic heterocycles. The molecular formula is C21H38O4. The molecular weight excluding hydrogens is 316 g/mol. The average molecular weight is 355 g/mol. The largest absolute Gasteiger partial charge is 0.396 e. The van der Waals surface area contributed by atoms with Crippen molar-refractivity contribution >= 4 is 5.78 Å². The summed E-state index contributed by atoms with van der Waals surface area (Å²) in [5.74, 6) is -0.00755. The van der Waals surface area contributed by atoms with Crippen molar-refractivity contribution < 1.29 is 20.1 Å². The van der Waals surface area contributed by atoms with Crippen LogP contribution >= 0.6 is 0 Å². The SMILES string of the molecule is CCCCC(C)(O)C/C=C/[C@H]1[C@@H](O)CC(=O)[C@@H]1CCCCCCCO. The molecule has 0 heterocycles. The number of aliphatic hydroxyl groups is 3. The molecule has 1 unspecified atom stereocenters. The van der Waals surface area contributed by atoms with Crippen LogP contribution in [0.25, 0.3) is 0 Å². The molecule has 0 bridgehead atoms. The molecule has 0 amide bonds. The van der Waals surface area contributed by atoms with Gasteiger partial charge in [-0.2, -0.15) is 0 Å². The number of ketones is 1. The minimum Gasteiger partial charge on any atom is -0.396 e. The van der Waals surface area contributed by atoms with Crippen LogP contribution in [0.4, 0.5) is 0 Å². The Morgan fingerprint density at radius 2 is 1.84 bits per heavy atom. The van der Waals surface area contributed by atoms with Crippen LogP contribution in [0.3, 0.4) is 0 Å². The minimum absolute atomic E-state index is 0.0790. The van der Waals surface area contributed by atoms with E-state index in [2.05, 4.69) is 6.92 Å². The van der Waals surface area contributed by atoms with Gasteiger partial charge < -0.3 is 15.3 Å². The number of rotatable bonds is 13. The molecule has 1 aliphatic carbocycles. The smallest absolute Gasteiger partial charge is 0.139 e. The van der Waals surface area contributed by atoms with Gasteiger partial charge in [-0.15, -0.1) is 0 Å². The summed E-state index contributed by atoms with van der Waals surface area (Å²) in [5, 5.41) is 29.3. The third-order valence-electron chi connectivity index (χ3n) is 5.39. The molecule has 0 aromatic rings. The zero-order chi connectivity index (χ0) is 18.7. The Morgan fingerprint density at radius 3 is 2.52 bits per heavy atom. The Hall–Kier alpha value is -0.710. The lowest BCUT2D eigenvalue weighted by atomic mass is 9.87. The highest BCUT2D eigenvalue weighted by atomic mass is 16.3. The summed E-state index contributed by atoms with van der Waals surface area (Å²) in [6.07, 6.45) is 12.9. The number of Topliss-reactive ketones (excluding diaryl/α,β-unsaturated/α-hetero) is 1. The van der Waals surface area contributed by atoms with E-state index in [1.54, 1.807) is 0 Å². The lowest BCUT2D eigenvalue weighted by Crippen LogP contribution is -2.23. The normalized spacial score (nSPS) is 26.4. The maximum Gasteiger partial charge on any atom is 0.139 e. The highest BCUT2D eigenvalue weighted by Gasteiger charge is 2.39. The Morgan fingerprint density at radius 1 is 1.16 bits per heavy atom. The molecule has 0 saturated heterocycles. The van der Waals surface area contributed by atoms with E-state index in [9.17, 15) is 15.0 Å². The van der Waals surface area contributed by atoms with E-state index in [-0.39, 0.29) is 30.6 Å². The van der Waals surface area contributed by atoms with Crippen LogP contribution in [-0.4, -0.2) is 39.4 Å². The van der Waals surface area contributed by atoms with Crippen molar-refractivity contribution in [2.45, 2.75) is 96.2 Å². The molecule has 1 fully saturated rings. The Kier molecular flexibility index (Phi) is 10.6. The predicted molar refractivity (Wildman–Crippen MR) is 101 cm³/mol. The molecule has 146 valence electrons. The van der Waals surface area contributed by atoms with Gasteiger partial charge in [0.15, 0.2) is 0 Å². The van der Waals surface area contributed by atoms with Gasteiger partial charge in [-0.25, -0.2) is 0 Å². The van der Waals surface area contributed by atoms with Crippen molar-refractivity contribution in [2.75, 3.05) is 6.61 Å². The van der Waals surface area contributed by atoms with Crippen molar-refractivity contribution in [3.63, 3.8) is 0 Å². The summed E-state index contributed by atoms with van der Waals surface area (Å²) in [7, 11) is 0. The summed E-state index contributed by atoms with van der Waals surface area (Å²) in [5.41, 5.74) is -0.706. The van der Waals surface area contributed by atoms with E-state index in [4.69, 9.17) is 5.11 Å². The van der Waals surface area contributed by atoms with Gasteiger partial charge in [-0.05, 0) is 32.6 Å². The molecule has 4 atom stereocenters. The minimum atomic E-state index is -0.706. The zero-order valence-electron chi connectivity index (χ0n) is 16.1. The highest BCUT2D eigenvalue weighted by Crippen LogP contribution is 2.34. The van der Waals surface area contributed by atoms with E-state index in [0.29, 0.717) is 6.42 Å². The quantitative estimate of drug-likeness (QED) is 0.347. The van der Waals surface area contributed by atoms with E-state index in [1.165, 1.54) is 0 Å². The first-order valence-corrected chi connectivity index (χ1v) is 10.1. The van der Waals surface area contributed by atoms with Crippen LogP contribution in [0.1, 0.15) is 84.5 Å². The Balaban J connectivity index is 2.45. The second kappa shape index (κ2) is 11.8. The molecule has 1 saturated carbocycles. The first-order chi connectivity index (χ1) is 11.9. The van der Waals surface area contributed by atoms with Crippen LogP contribution in [0.5, 0.6) is 0 Å². The molecule has 0 aromatic carbocycles. The second-order valence-corrected chi connectivity index (χ2v) is 7.93. The number of hydrogen-bond donors (Lipinski definition) is 3. The fourth-order valence-electron chi connectivity index (χ4n) is 3.74. The van der Waals surface area contributed by atoms with Gasteiger partial charge in [-0.1, -0.05) is 57.6 Å². The fraction of sp³-hybridized carbons (Fsp3) is 0.857. The molecule has 1 rings (SSSR count). The lowest BCUT2D eigenvalue weighted by Gasteiger charge is -2.22. The van der Waals surface area contributed by atoms with E-state index >= 15 is 0 Å². The van der Waals surface area contributed by atoms with Crippen molar-refractivity contribution in [3.8, 4) is 0 Å². The van der Waals surface area contributed by atoms with Crippen molar-refractivity contribution in [1.29, 1.82) is 0 Å². The molecule has 1 aliphatic rings. The fourth-order valence-corrected chi connectivity index (χ4v) is 3.74. The second-order valence-electron chi connectivity index (χ2n) is 7.93. The standard InChI is InChI=1S/C21H38O4/c1-3-4-13-21(2,25)14-10-12-18-17(19(23)16-20(18)24)11-8-6-5-7-9-15-22/h10,12,17-18,20,22,24-25H,3-9,11,13-16H2,1-2H3/b12-10+/t17-,18-,20+,21?/m1/s1. The molecule has 4 nitrogen and oxygen atoms in total. The number of carbonyl (C=O) groups is 1. The predicted octanol–water partition coefficient (Wildman–Crippen LogP) is 3.77. The Bertz CT molecular complexity index is 403. The van der Waals surface area contributed by atoms with E-state index < -0.39 is 11.7 Å². The number of carbonyl (C=O) groups excluding carboxylic acids is 1. The van der Waals surface area contributed by atoms with Crippen molar-refractivity contribution in [2.24, 2.45) is 11.8 Å². The lowest BCUT2D eigenvalue weighted by molar-refractivity contribution is -0.121. The van der Waals surface area contributed by atoms with Gasteiger partial charge in [0.25, 0.3) is 0 Å². The zero-order valence-corrected chi connectivity index (χ0v) is 16.1. The van der Waals surface area contributed by atoms with Crippen LogP contribution in [0.2, 0.25) is 0 Å². The van der Waals surface area contributed by atoms with Gasteiger partial charge in [0, 0.05) is 24.9 Å². The van der Waals surface area contributed by atoms with Gasteiger partial charge in [-0.3, -0.25) is 4.79 Å². The van der Waals surface area contributed by atoms with Gasteiger partial charge in [0.2, 0.25) is 0 Å². The average Bonchev–Trinajstić information content (AvgIpc) is 2.82. The van der Waals surface area contributed by atoms with Crippen LogP contribution in [0.15, 0.2) is 12.2 Å². The summed E-state index contributed by atoms with van der Waals surface area (Å²) in [6.45, 7) is 4.22. The first-order valence-electron chi connectivity index (χ1n) is 10.1. The topological polar surface area (TPSA) is 77.8 Å². The number of aliphatic hydroxyl groups excluding tert-OH is 2. The first kappa shape index (κ1) is 22.3. The summed E-state index contributed by atoms with van der Waals surface area (Å²) < 4.78 is 0. The molecule has 0 radical (unpaired) electrons. The molecule has 3 N–H and O–H groups in total. The van der Waals surface area contributed by atoms with Gasteiger partial charge >= 0.3 is 0 Å². The van der Waals surface area contributed by atoms with Crippen molar-refractivity contribution in [1.82, 2.24) is 0 Å². The summed E-state index contributed by atoms with van der Waals surface area (Å²) >= 11 is 0. The van der Waals surface area contributed by atoms with E-state index in [1.807, 2.05) is 19.1 Å². The van der Waals surface area contributed by atoms with Crippen molar-refractivity contribution in [3.05, 3.63) is 12.2 Å². The molecule has 0 spiro atoms. The third kappa shape index (κ3) is 8.48. The molecule has 0 aromatic heterocycles. The van der Waals surface area contributed by atoms with Gasteiger partial charge in [0.1, 0.15) is 5.78 Å². The van der Waals surface area contributed by atoms with E-state index in [0.717, 1.165) is 57.8 Å². The molecule has 25 heavy (non-hydrogen) atoms.